The summed E-state index contributed by atoms with van der Waals surface area (Å²) in [7, 11) is 0. The maximum Gasteiger partial charge on any atom is 0.0780 e. The lowest BCUT2D eigenvalue weighted by Gasteiger charge is -2.01. The van der Waals surface area contributed by atoms with E-state index >= 15 is 0 Å². The molecule has 5 nitrogen and oxygen atoms in total. The van der Waals surface area contributed by atoms with Gasteiger partial charge < -0.3 is 0 Å². The largest absolute Gasteiger partial charge is 0.256 e. The first-order valence-corrected chi connectivity index (χ1v) is 23.4. The molecule has 5 aromatic heterocycles. The maximum atomic E-state index is 4.41. The van der Waals surface area contributed by atoms with Crippen LogP contribution in [0.5, 0.6) is 0 Å². The minimum Gasteiger partial charge on any atom is -0.256 e. The molecule has 70 heavy (non-hydrogen) atoms. The fourth-order valence-corrected chi connectivity index (χ4v) is 9.07. The van der Waals surface area contributed by atoms with Crippen LogP contribution in [0.2, 0.25) is 0 Å². The molecule has 0 amide bonds. The number of hydrogen-bond acceptors (Lipinski definition) is 5. The van der Waals surface area contributed by atoms with Crippen molar-refractivity contribution >= 4 is 108 Å². The van der Waals surface area contributed by atoms with Crippen molar-refractivity contribution in [3.63, 3.8) is 0 Å². The molecule has 0 saturated heterocycles. The molecule has 0 N–H and O–H groups in total. The third-order valence-corrected chi connectivity index (χ3v) is 12.5. The Labute approximate surface area is 405 Å². The normalized spacial score (nSPS) is 10.9. The summed E-state index contributed by atoms with van der Waals surface area (Å²) in [6, 6.07) is 83.3. The Kier molecular flexibility index (Phi) is 12.4. The van der Waals surface area contributed by atoms with E-state index in [1.807, 2.05) is 61.3 Å². The third kappa shape index (κ3) is 9.15. The maximum absolute atomic E-state index is 4.41. The van der Waals surface area contributed by atoms with Gasteiger partial charge >= 0.3 is 0 Å². The molecule has 0 aliphatic rings. The number of benzene rings is 10. The number of aromatic nitrogens is 5. The van der Waals surface area contributed by atoms with Crippen LogP contribution < -0.4 is 0 Å². The highest BCUT2D eigenvalue weighted by atomic mass is 14.7. The zero-order chi connectivity index (χ0) is 46.9. The van der Waals surface area contributed by atoms with Crippen molar-refractivity contribution in [2.45, 2.75) is 0 Å². The predicted molar refractivity (Wildman–Crippen MR) is 296 cm³/mol. The second-order valence-corrected chi connectivity index (χ2v) is 16.8. The highest BCUT2D eigenvalue weighted by Gasteiger charge is 2.03. The standard InChI is InChI=1S/5C13H9N/c5*1-2-6-12-10(4-1)7-8-11-5-3-9-14-13(11)12/h5*1-9H. The number of nitrogens with zero attached hydrogens (tertiary/aromatic N) is 5. The molecule has 0 spiro atoms. The summed E-state index contributed by atoms with van der Waals surface area (Å²) >= 11 is 0. The topological polar surface area (TPSA) is 64.5 Å². The van der Waals surface area contributed by atoms with E-state index in [9.17, 15) is 0 Å². The molecule has 15 rings (SSSR count). The molecule has 0 radical (unpaired) electrons. The van der Waals surface area contributed by atoms with Crippen LogP contribution in [0.15, 0.2) is 274 Å². The highest BCUT2D eigenvalue weighted by Crippen LogP contribution is 2.27. The SMILES string of the molecule is c1ccc2c(c1)ccc1cccnc12.c1ccc2c(c1)ccc1cccnc12.c1ccc2c(c1)ccc1cccnc12.c1ccc2c(c1)ccc1cccnc12.c1ccc2c(c1)ccc1cccnc12. The van der Waals surface area contributed by atoms with Crippen LogP contribution in [0.1, 0.15) is 0 Å². The molecule has 0 fully saturated rings. The van der Waals surface area contributed by atoms with Gasteiger partial charge in [0.2, 0.25) is 0 Å². The summed E-state index contributed by atoms with van der Waals surface area (Å²) in [6.07, 6.45) is 9.21. The summed E-state index contributed by atoms with van der Waals surface area (Å²) < 4.78 is 0. The van der Waals surface area contributed by atoms with Gasteiger partial charge in [0.25, 0.3) is 0 Å². The van der Waals surface area contributed by atoms with E-state index in [0.717, 1.165) is 27.6 Å². The molecule has 0 bridgehead atoms. The van der Waals surface area contributed by atoms with Crippen LogP contribution in [-0.4, -0.2) is 24.9 Å². The number of fused-ring (bicyclic) bond motifs is 15. The molecular weight excluding hydrogens is 851 g/mol. The first kappa shape index (κ1) is 43.1. The van der Waals surface area contributed by atoms with Crippen LogP contribution in [-0.2, 0) is 0 Å². The third-order valence-electron chi connectivity index (χ3n) is 12.5. The minimum absolute atomic E-state index is 1.09. The average Bonchev–Trinajstić information content (AvgIpc) is 3.45. The van der Waals surface area contributed by atoms with Crippen LogP contribution >= 0.6 is 0 Å². The van der Waals surface area contributed by atoms with Gasteiger partial charge in [0, 0.05) is 84.8 Å². The van der Waals surface area contributed by atoms with Crippen LogP contribution in [0.4, 0.5) is 0 Å². The quantitative estimate of drug-likeness (QED) is 0.142. The Hall–Kier alpha value is -9.45. The van der Waals surface area contributed by atoms with Crippen molar-refractivity contribution in [1.29, 1.82) is 0 Å². The Bertz CT molecular complexity index is 3370. The van der Waals surface area contributed by atoms with Gasteiger partial charge in [-0.2, -0.15) is 0 Å². The van der Waals surface area contributed by atoms with E-state index in [-0.39, 0.29) is 0 Å². The minimum atomic E-state index is 1.09. The molecule has 0 unspecified atom stereocenters. The molecule has 0 aliphatic carbocycles. The van der Waals surface area contributed by atoms with Crippen LogP contribution in [0.25, 0.3) is 108 Å². The monoisotopic (exact) mass is 895 g/mol. The highest BCUT2D eigenvalue weighted by molar-refractivity contribution is 6.08. The first-order valence-electron chi connectivity index (χ1n) is 23.4. The van der Waals surface area contributed by atoms with E-state index in [1.54, 1.807) is 0 Å². The van der Waals surface area contributed by atoms with E-state index in [0.29, 0.717) is 0 Å². The van der Waals surface area contributed by atoms with E-state index in [4.69, 9.17) is 0 Å². The van der Waals surface area contributed by atoms with Gasteiger partial charge in [-0.1, -0.05) is 212 Å². The predicted octanol–water partition coefficient (Wildman–Crippen LogP) is 16.9. The number of pyridine rings is 5. The Morgan fingerprint density at radius 2 is 0.300 bits per heavy atom. The lowest BCUT2D eigenvalue weighted by Crippen LogP contribution is -1.79. The molecule has 5 heteroatoms. The van der Waals surface area contributed by atoms with Crippen molar-refractivity contribution < 1.29 is 0 Å². The molecule has 15 aromatic rings. The Balaban J connectivity index is 0.0000000952. The Morgan fingerprint density at radius 1 is 0.143 bits per heavy atom. The van der Waals surface area contributed by atoms with Crippen molar-refractivity contribution in [3.05, 3.63) is 274 Å². The lowest BCUT2D eigenvalue weighted by atomic mass is 10.1. The van der Waals surface area contributed by atoms with Gasteiger partial charge in [-0.3, -0.25) is 24.9 Å². The first-order chi connectivity index (χ1) is 34.7. The van der Waals surface area contributed by atoms with Gasteiger partial charge in [0.15, 0.2) is 0 Å². The lowest BCUT2D eigenvalue weighted by molar-refractivity contribution is 1.43. The van der Waals surface area contributed by atoms with Crippen molar-refractivity contribution in [2.75, 3.05) is 0 Å². The summed E-state index contributed by atoms with van der Waals surface area (Å²) in [5.74, 6) is 0. The van der Waals surface area contributed by atoms with Gasteiger partial charge in [0.05, 0.1) is 27.6 Å². The molecular formula is C65H45N5. The smallest absolute Gasteiger partial charge is 0.0780 e. The molecule has 10 aromatic carbocycles. The summed E-state index contributed by atoms with van der Waals surface area (Å²) in [5.41, 5.74) is 5.44. The average molecular weight is 896 g/mol. The van der Waals surface area contributed by atoms with Crippen molar-refractivity contribution in [3.8, 4) is 0 Å². The second-order valence-electron chi connectivity index (χ2n) is 16.8. The van der Waals surface area contributed by atoms with Crippen LogP contribution in [0, 0.1) is 0 Å². The van der Waals surface area contributed by atoms with Gasteiger partial charge in [-0.25, -0.2) is 0 Å². The summed E-state index contributed by atoms with van der Waals surface area (Å²) in [5, 5.41) is 18.4. The fourth-order valence-electron chi connectivity index (χ4n) is 9.07. The fraction of sp³-hybridized carbons (Fsp3) is 0. The second kappa shape index (κ2) is 20.2. The zero-order valence-electron chi connectivity index (χ0n) is 38.2. The number of hydrogen-bond donors (Lipinski definition) is 0. The van der Waals surface area contributed by atoms with Crippen molar-refractivity contribution in [1.82, 2.24) is 24.9 Å². The van der Waals surface area contributed by atoms with E-state index in [2.05, 4.69) is 237 Å². The summed E-state index contributed by atoms with van der Waals surface area (Å²) in [4.78, 5) is 22.0. The molecule has 330 valence electrons. The van der Waals surface area contributed by atoms with Gasteiger partial charge in [-0.05, 0) is 57.3 Å². The van der Waals surface area contributed by atoms with Crippen LogP contribution in [0.3, 0.4) is 0 Å². The zero-order valence-corrected chi connectivity index (χ0v) is 38.2. The van der Waals surface area contributed by atoms with Gasteiger partial charge in [0.1, 0.15) is 0 Å². The van der Waals surface area contributed by atoms with Crippen molar-refractivity contribution in [2.24, 2.45) is 0 Å². The molecule has 0 atom stereocenters. The van der Waals surface area contributed by atoms with E-state index < -0.39 is 0 Å². The molecule has 5 heterocycles. The summed E-state index contributed by atoms with van der Waals surface area (Å²) in [6.45, 7) is 0. The Morgan fingerprint density at radius 3 is 0.500 bits per heavy atom. The van der Waals surface area contributed by atoms with Gasteiger partial charge in [-0.15, -0.1) is 0 Å². The van der Waals surface area contributed by atoms with E-state index in [1.165, 1.54) is 80.8 Å². The molecule has 0 saturated carbocycles. The number of rotatable bonds is 0. The molecule has 0 aliphatic heterocycles.